The Hall–Kier alpha value is -3.21. The summed E-state index contributed by atoms with van der Waals surface area (Å²) in [6, 6.07) is 14.2. The van der Waals surface area contributed by atoms with Gasteiger partial charge in [0.2, 0.25) is 0 Å². The standard InChI is InChI=1S/C19H17N3O2/c1-14-8-11-22(18(23)12-14)13-15-2-4-16(5-3-15)19(24)21-17-6-9-20-10-7-17/h2-12H,13H2,1H3,(H,20,21,24). The number of hydrogen-bond donors (Lipinski definition) is 1. The lowest BCUT2D eigenvalue weighted by Gasteiger charge is -2.08. The highest BCUT2D eigenvalue weighted by molar-refractivity contribution is 6.04. The number of amides is 1. The van der Waals surface area contributed by atoms with E-state index in [0.717, 1.165) is 11.1 Å². The molecule has 0 saturated heterocycles. The first-order valence-electron chi connectivity index (χ1n) is 7.59. The second kappa shape index (κ2) is 6.91. The zero-order valence-corrected chi connectivity index (χ0v) is 13.3. The van der Waals surface area contributed by atoms with Gasteiger partial charge in [-0.3, -0.25) is 14.6 Å². The number of rotatable bonds is 4. The van der Waals surface area contributed by atoms with Crippen molar-refractivity contribution in [2.24, 2.45) is 0 Å². The van der Waals surface area contributed by atoms with Crippen molar-refractivity contribution in [3.8, 4) is 0 Å². The molecule has 3 aromatic rings. The van der Waals surface area contributed by atoms with E-state index in [1.54, 1.807) is 53.5 Å². The number of pyridine rings is 2. The van der Waals surface area contributed by atoms with Crippen LogP contribution in [0.15, 0.2) is 71.9 Å². The van der Waals surface area contributed by atoms with E-state index >= 15 is 0 Å². The molecular formula is C19H17N3O2. The summed E-state index contributed by atoms with van der Waals surface area (Å²) < 4.78 is 1.64. The van der Waals surface area contributed by atoms with Crippen LogP contribution in [0.4, 0.5) is 5.69 Å². The minimum Gasteiger partial charge on any atom is -0.322 e. The lowest BCUT2D eigenvalue weighted by molar-refractivity contribution is 0.102. The maximum absolute atomic E-state index is 12.2. The zero-order valence-electron chi connectivity index (χ0n) is 13.3. The summed E-state index contributed by atoms with van der Waals surface area (Å²) in [6.07, 6.45) is 5.03. The van der Waals surface area contributed by atoms with Gasteiger partial charge in [-0.2, -0.15) is 0 Å². The summed E-state index contributed by atoms with van der Waals surface area (Å²) >= 11 is 0. The van der Waals surface area contributed by atoms with E-state index < -0.39 is 0 Å². The molecule has 2 aromatic heterocycles. The normalized spacial score (nSPS) is 10.4. The van der Waals surface area contributed by atoms with Gasteiger partial charge in [-0.15, -0.1) is 0 Å². The fraction of sp³-hybridized carbons (Fsp3) is 0.105. The smallest absolute Gasteiger partial charge is 0.255 e. The first-order valence-corrected chi connectivity index (χ1v) is 7.59. The number of benzene rings is 1. The van der Waals surface area contributed by atoms with E-state index in [1.165, 1.54) is 0 Å². The van der Waals surface area contributed by atoms with Gasteiger partial charge in [0.1, 0.15) is 0 Å². The first kappa shape index (κ1) is 15.7. The van der Waals surface area contributed by atoms with E-state index in [0.29, 0.717) is 17.8 Å². The van der Waals surface area contributed by atoms with Gasteiger partial charge in [0.15, 0.2) is 0 Å². The Balaban J connectivity index is 1.71. The third-order valence-electron chi connectivity index (χ3n) is 3.66. The molecule has 1 amide bonds. The molecule has 1 N–H and O–H groups in total. The first-order chi connectivity index (χ1) is 11.6. The predicted octanol–water partition coefficient (Wildman–Crippen LogP) is 2.85. The minimum absolute atomic E-state index is 0.0329. The summed E-state index contributed by atoms with van der Waals surface area (Å²) in [5.74, 6) is -0.180. The van der Waals surface area contributed by atoms with Crippen LogP contribution >= 0.6 is 0 Å². The fourth-order valence-electron chi connectivity index (χ4n) is 2.33. The van der Waals surface area contributed by atoms with Crippen molar-refractivity contribution in [1.82, 2.24) is 9.55 Å². The lowest BCUT2D eigenvalue weighted by atomic mass is 10.1. The number of nitrogens with zero attached hydrogens (tertiary/aromatic N) is 2. The molecule has 0 saturated carbocycles. The molecule has 0 unspecified atom stereocenters. The van der Waals surface area contributed by atoms with E-state index in [2.05, 4.69) is 10.3 Å². The number of hydrogen-bond acceptors (Lipinski definition) is 3. The van der Waals surface area contributed by atoms with E-state index in [-0.39, 0.29) is 11.5 Å². The minimum atomic E-state index is -0.180. The molecule has 0 spiro atoms. The highest BCUT2D eigenvalue weighted by Gasteiger charge is 2.06. The van der Waals surface area contributed by atoms with E-state index in [9.17, 15) is 9.59 Å². The van der Waals surface area contributed by atoms with E-state index in [1.807, 2.05) is 25.1 Å². The van der Waals surface area contributed by atoms with Crippen molar-refractivity contribution in [2.75, 3.05) is 5.32 Å². The largest absolute Gasteiger partial charge is 0.322 e. The molecule has 0 aliphatic heterocycles. The Labute approximate surface area is 139 Å². The second-order valence-electron chi connectivity index (χ2n) is 5.56. The van der Waals surface area contributed by atoms with Gasteiger partial charge in [-0.1, -0.05) is 12.1 Å². The summed E-state index contributed by atoms with van der Waals surface area (Å²) in [6.45, 7) is 2.37. The Kier molecular flexibility index (Phi) is 4.52. The van der Waals surface area contributed by atoms with Crippen LogP contribution in [0.1, 0.15) is 21.5 Å². The summed E-state index contributed by atoms with van der Waals surface area (Å²) in [5, 5.41) is 2.81. The molecule has 0 radical (unpaired) electrons. The topological polar surface area (TPSA) is 64.0 Å². The Bertz CT molecular complexity index is 900. The molecule has 2 heterocycles. The van der Waals surface area contributed by atoms with Crippen molar-refractivity contribution in [3.63, 3.8) is 0 Å². The molecular weight excluding hydrogens is 302 g/mol. The van der Waals surface area contributed by atoms with Crippen LogP contribution in [-0.4, -0.2) is 15.5 Å². The molecule has 0 aliphatic carbocycles. The zero-order chi connectivity index (χ0) is 16.9. The second-order valence-corrected chi connectivity index (χ2v) is 5.56. The number of aromatic nitrogens is 2. The van der Waals surface area contributed by atoms with Crippen molar-refractivity contribution in [3.05, 3.63) is 94.2 Å². The Morgan fingerprint density at radius 1 is 1.08 bits per heavy atom. The van der Waals surface area contributed by atoms with Crippen molar-refractivity contribution >= 4 is 11.6 Å². The van der Waals surface area contributed by atoms with Crippen LogP contribution in [0.25, 0.3) is 0 Å². The average Bonchev–Trinajstić information content (AvgIpc) is 2.59. The molecule has 3 rings (SSSR count). The highest BCUT2D eigenvalue weighted by Crippen LogP contribution is 2.10. The Morgan fingerprint density at radius 2 is 1.79 bits per heavy atom. The number of aryl methyl sites for hydroxylation is 1. The molecule has 0 bridgehead atoms. The van der Waals surface area contributed by atoms with Gasteiger partial charge in [0.05, 0.1) is 6.54 Å². The maximum Gasteiger partial charge on any atom is 0.255 e. The van der Waals surface area contributed by atoms with Gasteiger partial charge in [-0.05, 0) is 48.4 Å². The fourth-order valence-corrected chi connectivity index (χ4v) is 2.33. The van der Waals surface area contributed by atoms with Gasteiger partial charge < -0.3 is 9.88 Å². The molecule has 5 nitrogen and oxygen atoms in total. The van der Waals surface area contributed by atoms with Crippen LogP contribution in [0.5, 0.6) is 0 Å². The molecule has 24 heavy (non-hydrogen) atoms. The highest BCUT2D eigenvalue weighted by atomic mass is 16.1. The van der Waals surface area contributed by atoms with Crippen LogP contribution in [0.3, 0.4) is 0 Å². The third kappa shape index (κ3) is 3.76. The molecule has 0 fully saturated rings. The van der Waals surface area contributed by atoms with Gasteiger partial charge in [-0.25, -0.2) is 0 Å². The molecule has 1 aromatic carbocycles. The average molecular weight is 319 g/mol. The maximum atomic E-state index is 12.2. The molecule has 0 atom stereocenters. The van der Waals surface area contributed by atoms with Gasteiger partial charge in [0, 0.05) is 35.9 Å². The van der Waals surface area contributed by atoms with E-state index in [4.69, 9.17) is 0 Å². The summed E-state index contributed by atoms with van der Waals surface area (Å²) in [5.41, 5.74) is 3.13. The van der Waals surface area contributed by atoms with Crippen molar-refractivity contribution in [2.45, 2.75) is 13.5 Å². The van der Waals surface area contributed by atoms with Crippen LogP contribution in [0.2, 0.25) is 0 Å². The molecule has 5 heteroatoms. The van der Waals surface area contributed by atoms with Crippen LogP contribution < -0.4 is 10.9 Å². The third-order valence-corrected chi connectivity index (χ3v) is 3.66. The predicted molar refractivity (Wildman–Crippen MR) is 93.2 cm³/mol. The number of nitrogens with one attached hydrogen (secondary N) is 1. The number of carbonyl (C=O) groups excluding carboxylic acids is 1. The van der Waals surface area contributed by atoms with Crippen LogP contribution in [0, 0.1) is 6.92 Å². The SMILES string of the molecule is Cc1ccn(Cc2ccc(C(=O)Nc3ccncc3)cc2)c(=O)c1. The summed E-state index contributed by atoms with van der Waals surface area (Å²) in [7, 11) is 0. The quantitative estimate of drug-likeness (QED) is 0.804. The molecule has 120 valence electrons. The van der Waals surface area contributed by atoms with Crippen molar-refractivity contribution in [1.29, 1.82) is 0 Å². The van der Waals surface area contributed by atoms with Gasteiger partial charge in [0.25, 0.3) is 11.5 Å². The Morgan fingerprint density at radius 3 is 2.46 bits per heavy atom. The van der Waals surface area contributed by atoms with Crippen molar-refractivity contribution < 1.29 is 4.79 Å². The monoisotopic (exact) mass is 319 g/mol. The number of carbonyl (C=O) groups is 1. The molecule has 0 aliphatic rings. The summed E-state index contributed by atoms with van der Waals surface area (Å²) in [4.78, 5) is 28.0. The van der Waals surface area contributed by atoms with Crippen LogP contribution in [-0.2, 0) is 6.54 Å². The lowest BCUT2D eigenvalue weighted by Crippen LogP contribution is -2.19. The number of anilines is 1. The van der Waals surface area contributed by atoms with Gasteiger partial charge >= 0.3 is 0 Å².